The number of primary amides is 1. The predicted octanol–water partition coefficient (Wildman–Crippen LogP) is 1.16. The number of hydrogen-bond donors (Lipinski definition) is 2. The third-order valence-electron chi connectivity index (χ3n) is 4.09. The fourth-order valence-electron chi connectivity index (χ4n) is 2.93. The lowest BCUT2D eigenvalue weighted by Gasteiger charge is -2.32. The molecule has 0 radical (unpaired) electrons. The third kappa shape index (κ3) is 4.42. The molecular weight excluding hydrogens is 327 g/mol. The molecule has 1 aliphatic heterocycles. The number of likely N-dealkylation sites (tertiary alicyclic amines) is 1. The number of nitrogens with two attached hydrogens (primary N) is 1. The molecule has 1 atom stereocenters. The molecule has 3 N–H and O–H groups in total. The Morgan fingerprint density at radius 1 is 1.36 bits per heavy atom. The van der Waals surface area contributed by atoms with E-state index in [-0.39, 0.29) is 35.9 Å². The zero-order valence-electron chi connectivity index (χ0n) is 13.6. The number of amides is 2. The molecule has 1 aromatic heterocycles. The summed E-state index contributed by atoms with van der Waals surface area (Å²) in [5.41, 5.74) is 6.01. The molecule has 1 fully saturated rings. The monoisotopic (exact) mass is 346 g/mol. The summed E-state index contributed by atoms with van der Waals surface area (Å²) in [5.74, 6) is -0.682. The molecule has 0 spiro atoms. The van der Waals surface area contributed by atoms with E-state index < -0.39 is 0 Å². The first kappa shape index (κ1) is 17.1. The number of benzene rings is 1. The maximum atomic E-state index is 13.0. The number of rotatable bonds is 5. The van der Waals surface area contributed by atoms with Gasteiger partial charge in [0, 0.05) is 24.2 Å². The van der Waals surface area contributed by atoms with Crippen molar-refractivity contribution in [3.63, 3.8) is 0 Å². The van der Waals surface area contributed by atoms with Gasteiger partial charge in [0.25, 0.3) is 5.91 Å². The second-order valence-electron chi connectivity index (χ2n) is 6.10. The summed E-state index contributed by atoms with van der Waals surface area (Å²) < 4.78 is 18.1. The molecule has 1 unspecified atom stereocenters. The van der Waals surface area contributed by atoms with Crippen molar-refractivity contribution in [3.8, 4) is 11.3 Å². The van der Waals surface area contributed by atoms with E-state index in [9.17, 15) is 14.0 Å². The Morgan fingerprint density at radius 3 is 2.84 bits per heavy atom. The molecule has 2 aromatic rings. The second-order valence-corrected chi connectivity index (χ2v) is 6.10. The molecule has 0 bridgehead atoms. The van der Waals surface area contributed by atoms with Crippen LogP contribution in [0, 0.1) is 5.82 Å². The summed E-state index contributed by atoms with van der Waals surface area (Å²) >= 11 is 0. The lowest BCUT2D eigenvalue weighted by Crippen LogP contribution is -2.49. The van der Waals surface area contributed by atoms with Crippen molar-refractivity contribution in [3.05, 3.63) is 41.8 Å². The number of piperidine rings is 1. The molecular formula is C17H19FN4O3. The van der Waals surface area contributed by atoms with Gasteiger partial charge in [0.1, 0.15) is 5.82 Å². The third-order valence-corrected chi connectivity index (χ3v) is 4.09. The first-order valence-electron chi connectivity index (χ1n) is 8.05. The number of halogens is 1. The van der Waals surface area contributed by atoms with Crippen LogP contribution in [-0.2, 0) is 4.79 Å². The number of nitrogens with zero attached hydrogens (tertiary/aromatic N) is 2. The van der Waals surface area contributed by atoms with Gasteiger partial charge in [0.15, 0.2) is 11.5 Å². The van der Waals surface area contributed by atoms with E-state index >= 15 is 0 Å². The maximum absolute atomic E-state index is 13.0. The van der Waals surface area contributed by atoms with Crippen LogP contribution in [0.3, 0.4) is 0 Å². The predicted molar refractivity (Wildman–Crippen MR) is 88.0 cm³/mol. The number of carbonyl (C=O) groups is 2. The van der Waals surface area contributed by atoms with Crippen LogP contribution in [0.15, 0.2) is 34.9 Å². The van der Waals surface area contributed by atoms with Gasteiger partial charge in [0.2, 0.25) is 5.91 Å². The Morgan fingerprint density at radius 2 is 2.12 bits per heavy atom. The van der Waals surface area contributed by atoms with Gasteiger partial charge in [0.05, 0.1) is 6.54 Å². The van der Waals surface area contributed by atoms with E-state index in [2.05, 4.69) is 10.5 Å². The van der Waals surface area contributed by atoms with Crippen molar-refractivity contribution >= 4 is 11.8 Å². The molecule has 7 nitrogen and oxygen atoms in total. The van der Waals surface area contributed by atoms with Crippen LogP contribution in [0.4, 0.5) is 4.39 Å². The van der Waals surface area contributed by atoms with Gasteiger partial charge in [-0.2, -0.15) is 0 Å². The average molecular weight is 346 g/mol. The van der Waals surface area contributed by atoms with E-state index in [4.69, 9.17) is 10.3 Å². The summed E-state index contributed by atoms with van der Waals surface area (Å²) in [6.07, 6.45) is 1.70. The minimum absolute atomic E-state index is 0.0772. The van der Waals surface area contributed by atoms with E-state index in [1.807, 2.05) is 4.90 Å². The second kappa shape index (κ2) is 7.43. The average Bonchev–Trinajstić information content (AvgIpc) is 3.05. The normalized spacial score (nSPS) is 18.0. The number of hydrogen-bond acceptors (Lipinski definition) is 5. The molecule has 0 aliphatic carbocycles. The summed E-state index contributed by atoms with van der Waals surface area (Å²) in [6.45, 7) is 1.54. The van der Waals surface area contributed by atoms with Crippen LogP contribution in [0.25, 0.3) is 11.3 Å². The van der Waals surface area contributed by atoms with Gasteiger partial charge in [-0.3, -0.25) is 14.5 Å². The van der Waals surface area contributed by atoms with Gasteiger partial charge < -0.3 is 15.6 Å². The molecule has 2 heterocycles. The molecule has 1 aliphatic rings. The van der Waals surface area contributed by atoms with Gasteiger partial charge in [-0.05, 0) is 43.7 Å². The van der Waals surface area contributed by atoms with Crippen LogP contribution in [0.5, 0.6) is 0 Å². The zero-order valence-corrected chi connectivity index (χ0v) is 13.6. The minimum Gasteiger partial charge on any atom is -0.369 e. The van der Waals surface area contributed by atoms with Gasteiger partial charge in [-0.25, -0.2) is 4.39 Å². The van der Waals surface area contributed by atoms with Crippen LogP contribution < -0.4 is 11.1 Å². The van der Waals surface area contributed by atoms with Crippen LogP contribution in [0.2, 0.25) is 0 Å². The molecule has 1 aromatic carbocycles. The molecule has 132 valence electrons. The summed E-state index contributed by atoms with van der Waals surface area (Å²) in [6, 6.07) is 7.18. The van der Waals surface area contributed by atoms with Gasteiger partial charge in [-0.15, -0.1) is 0 Å². The quantitative estimate of drug-likeness (QED) is 0.846. The number of nitrogens with one attached hydrogen (secondary N) is 1. The van der Waals surface area contributed by atoms with Crippen molar-refractivity contribution in [1.29, 1.82) is 0 Å². The molecule has 0 saturated carbocycles. The number of aromatic nitrogens is 1. The summed E-state index contributed by atoms with van der Waals surface area (Å²) in [5, 5.41) is 6.68. The van der Waals surface area contributed by atoms with E-state index in [1.165, 1.54) is 18.2 Å². The topological polar surface area (TPSA) is 101 Å². The zero-order chi connectivity index (χ0) is 17.8. The Labute approximate surface area is 144 Å². The Bertz CT molecular complexity index is 760. The van der Waals surface area contributed by atoms with Gasteiger partial charge in [-0.1, -0.05) is 5.16 Å². The fraction of sp³-hybridized carbons (Fsp3) is 0.353. The standard InChI is InChI=1S/C17H19FN4O3/c18-12-5-3-11(4-6-12)15-8-14(21-25-15)17(24)20-13-2-1-7-22(9-13)10-16(19)23/h3-6,8,13H,1-2,7,9-10H2,(H2,19,23)(H,20,24). The minimum atomic E-state index is -0.382. The largest absolute Gasteiger partial charge is 0.369 e. The molecule has 8 heteroatoms. The maximum Gasteiger partial charge on any atom is 0.273 e. The summed E-state index contributed by atoms with van der Waals surface area (Å²) in [7, 11) is 0. The lowest BCUT2D eigenvalue weighted by molar-refractivity contribution is -0.119. The van der Waals surface area contributed by atoms with Crippen LogP contribution in [-0.4, -0.2) is 47.5 Å². The highest BCUT2D eigenvalue weighted by atomic mass is 19.1. The Hall–Kier alpha value is -2.74. The van der Waals surface area contributed by atoms with Crippen LogP contribution >= 0.6 is 0 Å². The fourth-order valence-corrected chi connectivity index (χ4v) is 2.93. The highest BCUT2D eigenvalue weighted by molar-refractivity contribution is 5.93. The van der Waals surface area contributed by atoms with Crippen LogP contribution in [0.1, 0.15) is 23.3 Å². The lowest BCUT2D eigenvalue weighted by atomic mass is 10.1. The molecule has 1 saturated heterocycles. The van der Waals surface area contributed by atoms with Crippen molar-refractivity contribution < 1.29 is 18.5 Å². The van der Waals surface area contributed by atoms with Crippen molar-refractivity contribution in [1.82, 2.24) is 15.4 Å². The first-order valence-corrected chi connectivity index (χ1v) is 8.05. The highest BCUT2D eigenvalue weighted by Crippen LogP contribution is 2.21. The van der Waals surface area contributed by atoms with E-state index in [1.54, 1.807) is 12.1 Å². The molecule has 25 heavy (non-hydrogen) atoms. The first-order chi connectivity index (χ1) is 12.0. The highest BCUT2D eigenvalue weighted by Gasteiger charge is 2.24. The Balaban J connectivity index is 1.62. The van der Waals surface area contributed by atoms with E-state index in [0.717, 1.165) is 19.4 Å². The van der Waals surface area contributed by atoms with E-state index in [0.29, 0.717) is 17.9 Å². The molecule has 3 rings (SSSR count). The Kier molecular flexibility index (Phi) is 5.08. The van der Waals surface area contributed by atoms with Crippen molar-refractivity contribution in [2.75, 3.05) is 19.6 Å². The molecule has 2 amide bonds. The summed E-state index contributed by atoms with van der Waals surface area (Å²) in [4.78, 5) is 25.3. The SMILES string of the molecule is NC(=O)CN1CCCC(NC(=O)c2cc(-c3ccc(F)cc3)on2)C1. The van der Waals surface area contributed by atoms with Gasteiger partial charge >= 0.3 is 0 Å². The van der Waals surface area contributed by atoms with Crippen molar-refractivity contribution in [2.45, 2.75) is 18.9 Å². The smallest absolute Gasteiger partial charge is 0.273 e. The number of carbonyl (C=O) groups excluding carboxylic acids is 2. The van der Waals surface area contributed by atoms with Crippen molar-refractivity contribution in [2.24, 2.45) is 5.73 Å².